The molecule has 0 amide bonds. The summed E-state index contributed by atoms with van der Waals surface area (Å²) < 4.78 is 12.1. The van der Waals surface area contributed by atoms with Gasteiger partial charge in [0.1, 0.15) is 18.5 Å². The Labute approximate surface area is 162 Å². The number of rotatable bonds is 9. The van der Waals surface area contributed by atoms with E-state index >= 15 is 0 Å². The molecule has 1 saturated carbocycles. The summed E-state index contributed by atoms with van der Waals surface area (Å²) in [6.45, 7) is 5.63. The first-order valence-corrected chi connectivity index (χ1v) is 10.3. The largest absolute Gasteiger partial charge is 0.490 e. The molecule has 4 heteroatoms. The standard InChI is InChI=1S/C23H33NO3/c1-3-25-22-13-7-6-11-20(22)17(2)15-19(27-24)16-26-23-14-8-10-18-9-4-5-12-21(18)23/h4-5,8-10,12,14,17,19-20,22H,3,6-7,11,13,15-16,24H2,1-2H3/t17-,19?,20?,22?/m1/s1. The predicted octanol–water partition coefficient (Wildman–Crippen LogP) is 5.10. The molecule has 4 nitrogen and oxygen atoms in total. The van der Waals surface area contributed by atoms with Crippen molar-refractivity contribution >= 4 is 10.8 Å². The fourth-order valence-electron chi connectivity index (χ4n) is 4.45. The van der Waals surface area contributed by atoms with Crippen molar-refractivity contribution in [2.24, 2.45) is 17.7 Å². The molecule has 2 aromatic rings. The fourth-order valence-corrected chi connectivity index (χ4v) is 4.45. The molecule has 0 bridgehead atoms. The molecule has 1 aliphatic carbocycles. The number of fused-ring (bicyclic) bond motifs is 1. The van der Waals surface area contributed by atoms with Crippen molar-refractivity contribution < 1.29 is 14.3 Å². The Bertz CT molecular complexity index is 698. The molecule has 3 rings (SSSR count). The van der Waals surface area contributed by atoms with Crippen molar-refractivity contribution in [2.75, 3.05) is 13.2 Å². The van der Waals surface area contributed by atoms with Gasteiger partial charge in [-0.3, -0.25) is 4.84 Å². The first-order chi connectivity index (χ1) is 13.2. The Morgan fingerprint density at radius 2 is 1.85 bits per heavy atom. The van der Waals surface area contributed by atoms with Crippen molar-refractivity contribution in [2.45, 2.75) is 58.2 Å². The third-order valence-electron chi connectivity index (χ3n) is 5.87. The molecule has 0 radical (unpaired) electrons. The lowest BCUT2D eigenvalue weighted by molar-refractivity contribution is -0.0443. The van der Waals surface area contributed by atoms with Crippen LogP contribution in [0, 0.1) is 11.8 Å². The highest BCUT2D eigenvalue weighted by molar-refractivity contribution is 5.88. The minimum Gasteiger partial charge on any atom is -0.490 e. The van der Waals surface area contributed by atoms with Gasteiger partial charge >= 0.3 is 0 Å². The Kier molecular flexibility index (Phi) is 7.50. The zero-order valence-electron chi connectivity index (χ0n) is 16.6. The van der Waals surface area contributed by atoms with Crippen molar-refractivity contribution in [1.82, 2.24) is 0 Å². The van der Waals surface area contributed by atoms with E-state index in [4.69, 9.17) is 20.2 Å². The van der Waals surface area contributed by atoms with Crippen molar-refractivity contribution in [3.8, 4) is 5.75 Å². The van der Waals surface area contributed by atoms with Crippen molar-refractivity contribution in [3.63, 3.8) is 0 Å². The highest BCUT2D eigenvalue weighted by Crippen LogP contribution is 2.35. The van der Waals surface area contributed by atoms with Crippen LogP contribution in [0.5, 0.6) is 5.75 Å². The van der Waals surface area contributed by atoms with Gasteiger partial charge in [0, 0.05) is 12.0 Å². The summed E-state index contributed by atoms with van der Waals surface area (Å²) in [6, 6.07) is 14.4. The SMILES string of the molecule is CCOC1CCCCC1[C@H](C)CC(COc1cccc2ccccc12)ON. The van der Waals surface area contributed by atoms with Crippen LogP contribution in [-0.2, 0) is 9.57 Å². The fraction of sp³-hybridized carbons (Fsp3) is 0.565. The third-order valence-corrected chi connectivity index (χ3v) is 5.87. The summed E-state index contributed by atoms with van der Waals surface area (Å²) in [5.74, 6) is 7.56. The van der Waals surface area contributed by atoms with Crippen molar-refractivity contribution in [1.29, 1.82) is 0 Å². The van der Waals surface area contributed by atoms with E-state index in [0.29, 0.717) is 24.5 Å². The monoisotopic (exact) mass is 371 g/mol. The van der Waals surface area contributed by atoms with Crippen LogP contribution in [0.15, 0.2) is 42.5 Å². The van der Waals surface area contributed by atoms with E-state index in [2.05, 4.69) is 32.0 Å². The molecule has 0 saturated heterocycles. The second-order valence-corrected chi connectivity index (χ2v) is 7.70. The molecule has 4 atom stereocenters. The minimum atomic E-state index is -0.122. The summed E-state index contributed by atoms with van der Waals surface area (Å²) in [6.07, 6.45) is 6.10. The van der Waals surface area contributed by atoms with Crippen LogP contribution in [0.25, 0.3) is 10.8 Å². The molecule has 2 N–H and O–H groups in total. The van der Waals surface area contributed by atoms with Gasteiger partial charge in [-0.25, -0.2) is 5.90 Å². The molecule has 0 spiro atoms. The van der Waals surface area contributed by atoms with Gasteiger partial charge in [-0.1, -0.05) is 56.2 Å². The van der Waals surface area contributed by atoms with Crippen LogP contribution >= 0.6 is 0 Å². The zero-order valence-corrected chi connectivity index (χ0v) is 16.6. The minimum absolute atomic E-state index is 0.122. The highest BCUT2D eigenvalue weighted by atomic mass is 16.6. The highest BCUT2D eigenvalue weighted by Gasteiger charge is 2.31. The number of hydrogen-bond acceptors (Lipinski definition) is 4. The molecule has 0 aliphatic heterocycles. The maximum atomic E-state index is 6.10. The number of ether oxygens (including phenoxy) is 2. The molecule has 0 heterocycles. The second kappa shape index (κ2) is 10.1. The van der Waals surface area contributed by atoms with Crippen LogP contribution < -0.4 is 10.6 Å². The molecule has 3 unspecified atom stereocenters. The third kappa shape index (κ3) is 5.22. The lowest BCUT2D eigenvalue weighted by Crippen LogP contribution is -2.36. The first kappa shape index (κ1) is 20.1. The maximum absolute atomic E-state index is 6.10. The van der Waals surface area contributed by atoms with E-state index in [1.807, 2.05) is 24.3 Å². The predicted molar refractivity (Wildman–Crippen MR) is 110 cm³/mol. The summed E-state index contributed by atoms with van der Waals surface area (Å²) >= 11 is 0. The molecular formula is C23H33NO3. The van der Waals surface area contributed by atoms with Gasteiger partial charge in [-0.15, -0.1) is 0 Å². The average Bonchev–Trinajstić information content (AvgIpc) is 2.71. The van der Waals surface area contributed by atoms with Crippen LogP contribution in [0.2, 0.25) is 0 Å². The Morgan fingerprint density at radius 1 is 1.07 bits per heavy atom. The molecule has 1 aliphatic rings. The van der Waals surface area contributed by atoms with E-state index in [9.17, 15) is 0 Å². The molecule has 0 aromatic heterocycles. The van der Waals surface area contributed by atoms with Crippen LogP contribution in [0.1, 0.15) is 46.0 Å². The Hall–Kier alpha value is -1.62. The van der Waals surface area contributed by atoms with Gasteiger partial charge in [0.25, 0.3) is 0 Å². The number of benzene rings is 2. The average molecular weight is 372 g/mol. The van der Waals surface area contributed by atoms with E-state index in [1.54, 1.807) is 0 Å². The summed E-state index contributed by atoms with van der Waals surface area (Å²) in [4.78, 5) is 5.27. The molecular weight excluding hydrogens is 338 g/mol. The zero-order chi connectivity index (χ0) is 19.1. The topological polar surface area (TPSA) is 53.7 Å². The van der Waals surface area contributed by atoms with Crippen molar-refractivity contribution in [3.05, 3.63) is 42.5 Å². The van der Waals surface area contributed by atoms with E-state index in [0.717, 1.165) is 24.2 Å². The molecule has 1 fully saturated rings. The quantitative estimate of drug-likeness (QED) is 0.623. The van der Waals surface area contributed by atoms with Crippen LogP contribution in [-0.4, -0.2) is 25.4 Å². The summed E-state index contributed by atoms with van der Waals surface area (Å²) in [5, 5.41) is 2.29. The number of nitrogens with two attached hydrogens (primary N) is 1. The molecule has 2 aromatic carbocycles. The van der Waals surface area contributed by atoms with Gasteiger partial charge in [0.05, 0.1) is 6.10 Å². The Morgan fingerprint density at radius 3 is 2.67 bits per heavy atom. The van der Waals surface area contributed by atoms with Gasteiger partial charge < -0.3 is 9.47 Å². The van der Waals surface area contributed by atoms with Gasteiger partial charge in [-0.2, -0.15) is 0 Å². The summed E-state index contributed by atoms with van der Waals surface area (Å²) in [5.41, 5.74) is 0. The smallest absolute Gasteiger partial charge is 0.127 e. The Balaban J connectivity index is 1.60. The lowest BCUT2D eigenvalue weighted by atomic mass is 9.76. The van der Waals surface area contributed by atoms with Gasteiger partial charge in [-0.05, 0) is 49.5 Å². The summed E-state index contributed by atoms with van der Waals surface area (Å²) in [7, 11) is 0. The first-order valence-electron chi connectivity index (χ1n) is 10.3. The lowest BCUT2D eigenvalue weighted by Gasteiger charge is -2.36. The maximum Gasteiger partial charge on any atom is 0.127 e. The van der Waals surface area contributed by atoms with Crippen LogP contribution in [0.3, 0.4) is 0 Å². The molecule has 27 heavy (non-hydrogen) atoms. The van der Waals surface area contributed by atoms with Gasteiger partial charge in [0.2, 0.25) is 0 Å². The normalized spacial score (nSPS) is 22.5. The molecule has 148 valence electrons. The number of hydrogen-bond donors (Lipinski definition) is 1. The van der Waals surface area contributed by atoms with Crippen LogP contribution in [0.4, 0.5) is 0 Å². The van der Waals surface area contributed by atoms with E-state index < -0.39 is 0 Å². The second-order valence-electron chi connectivity index (χ2n) is 7.70. The van der Waals surface area contributed by atoms with E-state index in [-0.39, 0.29) is 6.10 Å². The van der Waals surface area contributed by atoms with Gasteiger partial charge in [0.15, 0.2) is 0 Å². The van der Waals surface area contributed by atoms with E-state index in [1.165, 1.54) is 31.1 Å².